The van der Waals surface area contributed by atoms with Crippen LogP contribution in [0.15, 0.2) is 78.2 Å². The number of ketones is 1. The summed E-state index contributed by atoms with van der Waals surface area (Å²) in [6.07, 6.45) is 2.11. The second-order valence-corrected chi connectivity index (χ2v) is 9.82. The maximum atomic E-state index is 12.5. The van der Waals surface area contributed by atoms with E-state index < -0.39 is 0 Å². The van der Waals surface area contributed by atoms with Crippen LogP contribution >= 0.6 is 11.3 Å². The van der Waals surface area contributed by atoms with Crippen molar-refractivity contribution in [2.45, 2.75) is 25.9 Å². The number of benzene rings is 2. The molecule has 3 fully saturated rings. The average Bonchev–Trinajstić information content (AvgIpc) is 3.34. The topological polar surface area (TPSA) is 55.4 Å². The zero-order valence-corrected chi connectivity index (χ0v) is 21.8. The second-order valence-electron chi connectivity index (χ2n) is 8.87. The van der Waals surface area contributed by atoms with Crippen LogP contribution < -0.4 is 22.3 Å². The Morgan fingerprint density at radius 1 is 0.971 bits per heavy atom. The van der Waals surface area contributed by atoms with Gasteiger partial charge in [-0.05, 0) is 29.6 Å². The Hall–Kier alpha value is -2.48. The van der Waals surface area contributed by atoms with Crippen molar-refractivity contribution in [1.82, 2.24) is 0 Å². The lowest BCUT2D eigenvalue weighted by Gasteiger charge is -2.51. The van der Waals surface area contributed by atoms with Gasteiger partial charge in [0.1, 0.15) is 13.1 Å². The number of fused-ring (bicyclic) bond motifs is 3. The second kappa shape index (κ2) is 12.3. The van der Waals surface area contributed by atoms with Crippen LogP contribution in [-0.2, 0) is 9.53 Å². The van der Waals surface area contributed by atoms with Crippen LogP contribution in [0.5, 0.6) is 0 Å². The van der Waals surface area contributed by atoms with E-state index in [2.05, 4.69) is 28.9 Å². The Kier molecular flexibility index (Phi) is 9.45. The van der Waals surface area contributed by atoms with Crippen molar-refractivity contribution in [3.8, 4) is 0 Å². The van der Waals surface area contributed by atoms with Crippen LogP contribution in [0.3, 0.4) is 0 Å². The molecule has 34 heavy (non-hydrogen) atoms. The Labute approximate surface area is 216 Å². The number of carbonyl (C=O) groups is 2. The lowest BCUT2D eigenvalue weighted by molar-refractivity contribution is -0.938. The number of nitrogens with zero attached hydrogens (tertiary/aromatic N) is 1. The Morgan fingerprint density at radius 3 is 2.21 bits per heavy atom. The number of hydrogen-bond acceptors (Lipinski definition) is 5. The SMILES string of the molecule is CC(=O)OC1C[N+]2(CC(=O)c3ccccc3)CCC1CC2.[Br-].c1ccc(Nc2cccs2)cc1. The summed E-state index contributed by atoms with van der Waals surface area (Å²) in [6, 6.07) is 23.8. The van der Waals surface area contributed by atoms with Gasteiger partial charge in [-0.25, -0.2) is 0 Å². The molecule has 0 saturated carbocycles. The van der Waals surface area contributed by atoms with E-state index >= 15 is 0 Å². The number of Topliss-reactive ketones (excluding diaryl/α,β-unsaturated/α-hetero) is 1. The number of rotatable bonds is 6. The number of anilines is 2. The van der Waals surface area contributed by atoms with Crippen LogP contribution in [0.2, 0.25) is 0 Å². The first-order chi connectivity index (χ1) is 16.0. The van der Waals surface area contributed by atoms with Gasteiger partial charge in [0.15, 0.2) is 6.10 Å². The monoisotopic (exact) mass is 542 g/mol. The van der Waals surface area contributed by atoms with E-state index in [0.29, 0.717) is 12.5 Å². The predicted octanol–water partition coefficient (Wildman–Crippen LogP) is 2.54. The summed E-state index contributed by atoms with van der Waals surface area (Å²) >= 11 is 1.71. The molecule has 3 saturated heterocycles. The molecule has 3 aliphatic rings. The van der Waals surface area contributed by atoms with Crippen molar-refractivity contribution in [2.75, 3.05) is 31.5 Å². The molecule has 0 radical (unpaired) electrons. The third-order valence-electron chi connectivity index (χ3n) is 6.50. The molecular weight excluding hydrogens is 512 g/mol. The lowest BCUT2D eigenvalue weighted by Crippen LogP contribution is -3.00. The van der Waals surface area contributed by atoms with E-state index in [-0.39, 0.29) is 34.8 Å². The van der Waals surface area contributed by atoms with Gasteiger partial charge in [-0.3, -0.25) is 9.59 Å². The third-order valence-corrected chi connectivity index (χ3v) is 7.28. The van der Waals surface area contributed by atoms with Gasteiger partial charge in [0.05, 0.1) is 18.1 Å². The van der Waals surface area contributed by atoms with Crippen molar-refractivity contribution >= 4 is 33.8 Å². The molecule has 5 nitrogen and oxygen atoms in total. The molecule has 2 aromatic carbocycles. The highest BCUT2D eigenvalue weighted by molar-refractivity contribution is 7.14. The molecule has 1 atom stereocenters. The Balaban J connectivity index is 0.000000212. The molecule has 3 aliphatic heterocycles. The van der Waals surface area contributed by atoms with Crippen LogP contribution in [0.4, 0.5) is 10.7 Å². The van der Waals surface area contributed by atoms with E-state index in [4.69, 9.17) is 4.74 Å². The number of quaternary nitrogens is 1. The molecule has 1 N–H and O–H groups in total. The molecule has 1 aromatic heterocycles. The number of piperidine rings is 3. The van der Waals surface area contributed by atoms with Gasteiger partial charge >= 0.3 is 5.97 Å². The fourth-order valence-electron chi connectivity index (χ4n) is 4.82. The number of carbonyl (C=O) groups excluding carboxylic acids is 2. The van der Waals surface area contributed by atoms with Crippen molar-refractivity contribution < 1.29 is 35.8 Å². The highest BCUT2D eigenvalue weighted by Gasteiger charge is 2.48. The largest absolute Gasteiger partial charge is 1.00 e. The number of halogens is 1. The highest BCUT2D eigenvalue weighted by atomic mass is 79.9. The molecular formula is C27H31BrN2O3S. The normalized spacial score (nSPS) is 22.5. The molecule has 0 amide bonds. The van der Waals surface area contributed by atoms with Crippen molar-refractivity contribution in [2.24, 2.45) is 5.92 Å². The number of esters is 1. The summed E-state index contributed by atoms with van der Waals surface area (Å²) in [7, 11) is 0. The first-order valence-corrected chi connectivity index (χ1v) is 12.4. The molecule has 1 unspecified atom stereocenters. The maximum Gasteiger partial charge on any atom is 0.303 e. The summed E-state index contributed by atoms with van der Waals surface area (Å²) in [5.74, 6) is 0.472. The van der Waals surface area contributed by atoms with E-state index in [1.165, 1.54) is 11.9 Å². The minimum atomic E-state index is -0.207. The average molecular weight is 544 g/mol. The van der Waals surface area contributed by atoms with Gasteiger partial charge in [0.2, 0.25) is 5.78 Å². The summed E-state index contributed by atoms with van der Waals surface area (Å²) in [5, 5.41) is 6.54. The van der Waals surface area contributed by atoms with Gasteiger partial charge in [0, 0.05) is 36.9 Å². The maximum absolute atomic E-state index is 12.5. The molecule has 7 heteroatoms. The third kappa shape index (κ3) is 7.01. The van der Waals surface area contributed by atoms with Gasteiger partial charge < -0.3 is 31.5 Å². The summed E-state index contributed by atoms with van der Waals surface area (Å²) in [4.78, 5) is 23.7. The minimum Gasteiger partial charge on any atom is -1.00 e. The highest BCUT2D eigenvalue weighted by Crippen LogP contribution is 2.35. The number of nitrogens with one attached hydrogen (secondary N) is 1. The zero-order chi connectivity index (χ0) is 23.1. The summed E-state index contributed by atoms with van der Waals surface area (Å²) in [5.41, 5.74) is 1.92. The van der Waals surface area contributed by atoms with E-state index in [9.17, 15) is 9.59 Å². The Bertz CT molecular complexity index is 1040. The van der Waals surface area contributed by atoms with Gasteiger partial charge in [-0.2, -0.15) is 0 Å². The molecule has 0 aliphatic carbocycles. The van der Waals surface area contributed by atoms with Crippen LogP contribution in [0.1, 0.15) is 30.1 Å². The fraction of sp³-hybridized carbons (Fsp3) is 0.333. The van der Waals surface area contributed by atoms with Crippen LogP contribution in [-0.4, -0.2) is 48.5 Å². The van der Waals surface area contributed by atoms with E-state index in [0.717, 1.165) is 48.2 Å². The number of thiophene rings is 1. The standard InChI is InChI=1S/C17H22NO3.C10H9NS.BrH/c1-13(19)21-17-12-18(9-7-15(17)8-10-18)11-16(20)14-5-3-2-4-6-14;1-2-5-9(6-3-1)11-10-7-4-8-12-10;/h2-6,15,17H,7-12H2,1H3;1-8,11H;1H/q+1;;/p-1. The van der Waals surface area contributed by atoms with Gasteiger partial charge in [-0.1, -0.05) is 48.5 Å². The smallest absolute Gasteiger partial charge is 0.303 e. The molecule has 0 spiro atoms. The fourth-order valence-corrected chi connectivity index (χ4v) is 5.46. The van der Waals surface area contributed by atoms with Crippen LogP contribution in [0, 0.1) is 5.92 Å². The van der Waals surface area contributed by atoms with Crippen molar-refractivity contribution in [3.05, 3.63) is 83.7 Å². The van der Waals surface area contributed by atoms with Gasteiger partial charge in [0.25, 0.3) is 0 Å². The molecule has 3 aromatic rings. The Morgan fingerprint density at radius 2 is 1.62 bits per heavy atom. The molecule has 180 valence electrons. The molecule has 6 rings (SSSR count). The lowest BCUT2D eigenvalue weighted by atomic mass is 9.83. The summed E-state index contributed by atoms with van der Waals surface area (Å²) < 4.78 is 6.25. The minimum absolute atomic E-state index is 0. The molecule has 4 heterocycles. The first-order valence-electron chi connectivity index (χ1n) is 11.5. The zero-order valence-electron chi connectivity index (χ0n) is 19.4. The first kappa shape index (κ1) is 26.1. The number of ether oxygens (including phenoxy) is 1. The van der Waals surface area contributed by atoms with Crippen molar-refractivity contribution in [3.63, 3.8) is 0 Å². The number of para-hydroxylation sites is 1. The van der Waals surface area contributed by atoms with Crippen LogP contribution in [0.25, 0.3) is 0 Å². The summed E-state index contributed by atoms with van der Waals surface area (Å²) in [6.45, 7) is 4.84. The quantitative estimate of drug-likeness (QED) is 0.295. The van der Waals surface area contributed by atoms with E-state index in [1.54, 1.807) is 11.3 Å². The number of hydrogen-bond donors (Lipinski definition) is 1. The van der Waals surface area contributed by atoms with Gasteiger partial charge in [-0.15, -0.1) is 11.3 Å². The van der Waals surface area contributed by atoms with Crippen molar-refractivity contribution in [1.29, 1.82) is 0 Å². The molecule has 2 bridgehead atoms. The van der Waals surface area contributed by atoms with E-state index in [1.807, 2.05) is 54.6 Å². The predicted molar refractivity (Wildman–Crippen MR) is 133 cm³/mol.